The first-order valence-corrected chi connectivity index (χ1v) is 9.34. The Balaban J connectivity index is 1.75. The molecule has 1 amide bonds. The number of rotatable bonds is 4. The first-order chi connectivity index (χ1) is 11.1. The van der Waals surface area contributed by atoms with Gasteiger partial charge in [0.1, 0.15) is 5.75 Å². The van der Waals surface area contributed by atoms with Gasteiger partial charge in [0.2, 0.25) is 0 Å². The highest BCUT2D eigenvalue weighted by atomic mass is 79.9. The molecule has 1 N–H and O–H groups in total. The van der Waals surface area contributed by atoms with Crippen LogP contribution in [0, 0.1) is 0 Å². The second kappa shape index (κ2) is 7.33. The normalized spacial score (nSPS) is 17.7. The zero-order valence-electron chi connectivity index (χ0n) is 12.2. The van der Waals surface area contributed by atoms with E-state index < -0.39 is 0 Å². The first-order valence-electron chi connectivity index (χ1n) is 6.92. The number of amidine groups is 1. The van der Waals surface area contributed by atoms with Crippen LogP contribution in [0.1, 0.15) is 11.8 Å². The molecule has 0 radical (unpaired) electrons. The predicted octanol–water partition coefficient (Wildman–Crippen LogP) is 4.80. The van der Waals surface area contributed by atoms with Gasteiger partial charge < -0.3 is 10.1 Å². The largest absolute Gasteiger partial charge is 0.494 e. The molecule has 1 aromatic heterocycles. The first kappa shape index (κ1) is 16.3. The van der Waals surface area contributed by atoms with Crippen LogP contribution >= 0.6 is 39.0 Å². The van der Waals surface area contributed by atoms with Gasteiger partial charge >= 0.3 is 0 Å². The van der Waals surface area contributed by atoms with Gasteiger partial charge in [-0.3, -0.25) is 4.79 Å². The third kappa shape index (κ3) is 4.25. The van der Waals surface area contributed by atoms with E-state index in [0.29, 0.717) is 16.7 Å². The van der Waals surface area contributed by atoms with Gasteiger partial charge in [-0.25, -0.2) is 4.99 Å². The summed E-state index contributed by atoms with van der Waals surface area (Å²) >= 11 is 6.34. The van der Waals surface area contributed by atoms with Crippen molar-refractivity contribution < 1.29 is 9.53 Å². The third-order valence-corrected chi connectivity index (χ3v) is 5.38. The molecule has 0 unspecified atom stereocenters. The number of hydrogen-bond donors (Lipinski definition) is 1. The number of nitrogens with one attached hydrogen (secondary N) is 1. The summed E-state index contributed by atoms with van der Waals surface area (Å²) < 4.78 is 6.44. The van der Waals surface area contributed by atoms with Crippen molar-refractivity contribution in [3.05, 3.63) is 50.0 Å². The van der Waals surface area contributed by atoms with E-state index in [4.69, 9.17) is 4.74 Å². The summed E-state index contributed by atoms with van der Waals surface area (Å²) in [4.78, 5) is 18.1. The van der Waals surface area contributed by atoms with E-state index in [9.17, 15) is 4.79 Å². The molecule has 0 bridgehead atoms. The van der Waals surface area contributed by atoms with Crippen LogP contribution < -0.4 is 10.1 Å². The van der Waals surface area contributed by atoms with Gasteiger partial charge in [0.25, 0.3) is 5.91 Å². The maximum Gasteiger partial charge on any atom is 0.264 e. The van der Waals surface area contributed by atoms with E-state index in [1.807, 2.05) is 49.4 Å². The molecule has 2 aromatic rings. The molecule has 23 heavy (non-hydrogen) atoms. The van der Waals surface area contributed by atoms with E-state index in [1.54, 1.807) is 11.3 Å². The number of halogens is 1. The van der Waals surface area contributed by atoms with Crippen LogP contribution in [-0.4, -0.2) is 17.7 Å². The predicted molar refractivity (Wildman–Crippen MR) is 100 cm³/mol. The van der Waals surface area contributed by atoms with Crippen molar-refractivity contribution in [1.29, 1.82) is 0 Å². The van der Waals surface area contributed by atoms with E-state index in [1.165, 1.54) is 11.8 Å². The number of thioether (sulfide) groups is 1. The zero-order chi connectivity index (χ0) is 16.2. The lowest BCUT2D eigenvalue weighted by molar-refractivity contribution is -0.115. The highest BCUT2D eigenvalue weighted by Crippen LogP contribution is 2.31. The van der Waals surface area contributed by atoms with Crippen LogP contribution in [0.2, 0.25) is 0 Å². The van der Waals surface area contributed by atoms with Crippen molar-refractivity contribution in [2.24, 2.45) is 4.99 Å². The van der Waals surface area contributed by atoms with Crippen molar-refractivity contribution in [1.82, 2.24) is 5.32 Å². The van der Waals surface area contributed by atoms with Crippen molar-refractivity contribution in [2.75, 3.05) is 6.61 Å². The van der Waals surface area contributed by atoms with Gasteiger partial charge in [0.15, 0.2) is 5.17 Å². The van der Waals surface area contributed by atoms with Gasteiger partial charge in [-0.1, -0.05) is 0 Å². The average Bonchev–Trinajstić information content (AvgIpc) is 3.08. The molecule has 118 valence electrons. The minimum absolute atomic E-state index is 0.121. The summed E-state index contributed by atoms with van der Waals surface area (Å²) in [5.41, 5.74) is 0.774. The highest BCUT2D eigenvalue weighted by molar-refractivity contribution is 9.11. The molecule has 0 atom stereocenters. The van der Waals surface area contributed by atoms with E-state index >= 15 is 0 Å². The van der Waals surface area contributed by atoms with Gasteiger partial charge in [0, 0.05) is 4.88 Å². The van der Waals surface area contributed by atoms with Crippen LogP contribution in [0.5, 0.6) is 5.75 Å². The molecule has 1 saturated heterocycles. The standard InChI is InChI=1S/C16H13BrN2O2S2/c1-2-21-11-5-3-10(4-6-11)18-16-19-15(20)13(23-16)9-12-7-8-14(17)22-12/h3-9H,2H2,1H3,(H,18,19,20)/b13-9+. The van der Waals surface area contributed by atoms with E-state index in [-0.39, 0.29) is 5.91 Å². The fraction of sp³-hybridized carbons (Fsp3) is 0.125. The SMILES string of the molecule is CCOc1ccc(N=C2NC(=O)/C(=C\c3ccc(Br)s3)S2)cc1. The smallest absolute Gasteiger partial charge is 0.264 e. The summed E-state index contributed by atoms with van der Waals surface area (Å²) in [5, 5.41) is 3.37. The number of aliphatic imine (C=N–C) groups is 1. The zero-order valence-corrected chi connectivity index (χ0v) is 15.4. The van der Waals surface area contributed by atoms with E-state index in [2.05, 4.69) is 26.2 Å². The summed E-state index contributed by atoms with van der Waals surface area (Å²) in [6.45, 7) is 2.57. The molecular formula is C16H13BrN2O2S2. The Labute approximate surface area is 150 Å². The van der Waals surface area contributed by atoms with Crippen molar-refractivity contribution >= 4 is 61.9 Å². The number of thiophene rings is 1. The molecule has 0 saturated carbocycles. The molecule has 1 aromatic carbocycles. The summed E-state index contributed by atoms with van der Waals surface area (Å²) in [6.07, 6.45) is 1.87. The summed E-state index contributed by atoms with van der Waals surface area (Å²) in [6, 6.07) is 11.4. The number of carbonyl (C=O) groups excluding carboxylic acids is 1. The molecule has 1 aliphatic heterocycles. The van der Waals surface area contributed by atoms with Crippen LogP contribution in [0.15, 0.2) is 50.1 Å². The number of ether oxygens (including phenoxy) is 1. The Bertz CT molecular complexity index is 782. The Kier molecular flexibility index (Phi) is 5.20. The highest BCUT2D eigenvalue weighted by Gasteiger charge is 2.23. The van der Waals surface area contributed by atoms with Crippen LogP contribution in [0.25, 0.3) is 6.08 Å². The van der Waals surface area contributed by atoms with Gasteiger partial charge in [-0.15, -0.1) is 11.3 Å². The van der Waals surface area contributed by atoms with Crippen molar-refractivity contribution in [3.8, 4) is 5.75 Å². The fourth-order valence-corrected chi connectivity index (χ4v) is 4.19. The van der Waals surface area contributed by atoms with Crippen molar-refractivity contribution in [2.45, 2.75) is 6.92 Å². The maximum absolute atomic E-state index is 12.0. The lowest BCUT2D eigenvalue weighted by atomic mass is 10.3. The summed E-state index contributed by atoms with van der Waals surface area (Å²) in [5.74, 6) is 0.688. The molecular weight excluding hydrogens is 396 g/mol. The van der Waals surface area contributed by atoms with Gasteiger partial charge in [0.05, 0.1) is 21.0 Å². The minimum Gasteiger partial charge on any atom is -0.494 e. The van der Waals surface area contributed by atoms with Crippen LogP contribution in [-0.2, 0) is 4.79 Å². The monoisotopic (exact) mass is 408 g/mol. The molecule has 1 aliphatic rings. The second-order valence-electron chi connectivity index (χ2n) is 4.55. The van der Waals surface area contributed by atoms with E-state index in [0.717, 1.165) is 20.1 Å². The number of nitrogens with zero attached hydrogens (tertiary/aromatic N) is 1. The fourth-order valence-electron chi connectivity index (χ4n) is 1.92. The van der Waals surface area contributed by atoms with Crippen LogP contribution in [0.4, 0.5) is 5.69 Å². The third-order valence-electron chi connectivity index (χ3n) is 2.90. The Morgan fingerprint density at radius 1 is 1.26 bits per heavy atom. The number of benzene rings is 1. The van der Waals surface area contributed by atoms with Gasteiger partial charge in [-0.05, 0) is 77.1 Å². The minimum atomic E-state index is -0.121. The lowest BCUT2D eigenvalue weighted by Crippen LogP contribution is -2.19. The molecule has 4 nitrogen and oxygen atoms in total. The Hall–Kier alpha value is -1.57. The molecule has 0 aliphatic carbocycles. The Morgan fingerprint density at radius 3 is 2.70 bits per heavy atom. The maximum atomic E-state index is 12.0. The topological polar surface area (TPSA) is 50.7 Å². The van der Waals surface area contributed by atoms with Crippen molar-refractivity contribution in [3.63, 3.8) is 0 Å². The number of carbonyl (C=O) groups is 1. The second-order valence-corrected chi connectivity index (χ2v) is 8.08. The number of hydrogen-bond acceptors (Lipinski definition) is 5. The Morgan fingerprint density at radius 2 is 2.04 bits per heavy atom. The summed E-state index contributed by atoms with van der Waals surface area (Å²) in [7, 11) is 0. The van der Waals surface area contributed by atoms with Gasteiger partial charge in [-0.2, -0.15) is 0 Å². The molecule has 2 heterocycles. The average molecular weight is 409 g/mol. The molecule has 1 fully saturated rings. The number of amides is 1. The molecule has 7 heteroatoms. The van der Waals surface area contributed by atoms with Crippen LogP contribution in [0.3, 0.4) is 0 Å². The lowest BCUT2D eigenvalue weighted by Gasteiger charge is -2.02. The quantitative estimate of drug-likeness (QED) is 0.738. The molecule has 0 spiro atoms. The molecule has 3 rings (SSSR count).